The lowest BCUT2D eigenvalue weighted by Gasteiger charge is -2.23. The first-order chi connectivity index (χ1) is 9.28. The summed E-state index contributed by atoms with van der Waals surface area (Å²) in [6.45, 7) is 0.386. The highest BCUT2D eigenvalue weighted by Gasteiger charge is 2.30. The molecule has 7 heteroatoms. The van der Waals surface area contributed by atoms with Crippen molar-refractivity contribution >= 4 is 15.8 Å². The van der Waals surface area contributed by atoms with Gasteiger partial charge >= 0.3 is 5.97 Å². The molecule has 0 bridgehead atoms. The van der Waals surface area contributed by atoms with Crippen molar-refractivity contribution in [3.05, 3.63) is 35.1 Å². The van der Waals surface area contributed by atoms with E-state index in [1.54, 1.807) is 13.1 Å². The number of halogens is 1. The monoisotopic (exact) mass is 301 g/mol. The molecular weight excluding hydrogens is 285 g/mol. The highest BCUT2D eigenvalue weighted by molar-refractivity contribution is 7.91. The molecule has 0 aliphatic carbocycles. The van der Waals surface area contributed by atoms with E-state index < -0.39 is 21.6 Å². The lowest BCUT2D eigenvalue weighted by atomic mass is 10.1. The molecule has 1 saturated heterocycles. The number of sulfone groups is 1. The fourth-order valence-corrected chi connectivity index (χ4v) is 4.18. The van der Waals surface area contributed by atoms with Crippen LogP contribution in [0.1, 0.15) is 22.3 Å². The van der Waals surface area contributed by atoms with Gasteiger partial charge in [-0.2, -0.15) is 0 Å². The molecule has 1 aromatic rings. The number of rotatable bonds is 4. The highest BCUT2D eigenvalue weighted by atomic mass is 32.2. The van der Waals surface area contributed by atoms with Gasteiger partial charge in [-0.3, -0.25) is 4.90 Å². The molecule has 1 aliphatic heterocycles. The molecule has 5 nitrogen and oxygen atoms in total. The summed E-state index contributed by atoms with van der Waals surface area (Å²) in [6, 6.07) is 3.89. The number of carboxylic acids is 1. The van der Waals surface area contributed by atoms with Gasteiger partial charge in [-0.25, -0.2) is 17.6 Å². The maximum atomic E-state index is 13.6. The molecule has 1 fully saturated rings. The Hall–Kier alpha value is -1.47. The van der Waals surface area contributed by atoms with Crippen molar-refractivity contribution in [1.82, 2.24) is 4.90 Å². The van der Waals surface area contributed by atoms with E-state index in [-0.39, 0.29) is 23.1 Å². The van der Waals surface area contributed by atoms with Gasteiger partial charge < -0.3 is 5.11 Å². The van der Waals surface area contributed by atoms with Crippen LogP contribution in [0.5, 0.6) is 0 Å². The molecule has 20 heavy (non-hydrogen) atoms. The largest absolute Gasteiger partial charge is 0.478 e. The molecule has 0 radical (unpaired) electrons. The molecule has 1 heterocycles. The number of benzene rings is 1. The van der Waals surface area contributed by atoms with E-state index in [2.05, 4.69) is 0 Å². The van der Waals surface area contributed by atoms with E-state index in [0.717, 1.165) is 0 Å². The highest BCUT2D eigenvalue weighted by Crippen LogP contribution is 2.19. The predicted molar refractivity (Wildman–Crippen MR) is 71.9 cm³/mol. The molecule has 1 N–H and O–H groups in total. The van der Waals surface area contributed by atoms with Gasteiger partial charge in [0.1, 0.15) is 5.82 Å². The van der Waals surface area contributed by atoms with E-state index in [9.17, 15) is 17.6 Å². The van der Waals surface area contributed by atoms with E-state index in [1.165, 1.54) is 12.1 Å². The summed E-state index contributed by atoms with van der Waals surface area (Å²) >= 11 is 0. The predicted octanol–water partition coefficient (Wildman–Crippen LogP) is 1.14. The second kappa shape index (κ2) is 5.49. The van der Waals surface area contributed by atoms with Gasteiger partial charge in [-0.1, -0.05) is 6.07 Å². The zero-order valence-corrected chi connectivity index (χ0v) is 11.9. The van der Waals surface area contributed by atoms with Crippen molar-refractivity contribution in [3.63, 3.8) is 0 Å². The SMILES string of the molecule is CN(Cc1ccc(C(=O)O)c(F)c1)C1CCS(=O)(=O)C1. The van der Waals surface area contributed by atoms with Crippen LogP contribution >= 0.6 is 0 Å². The molecule has 1 aliphatic rings. The van der Waals surface area contributed by atoms with Crippen LogP contribution in [0.25, 0.3) is 0 Å². The zero-order chi connectivity index (χ0) is 14.9. The lowest BCUT2D eigenvalue weighted by molar-refractivity contribution is 0.0692. The van der Waals surface area contributed by atoms with Crippen molar-refractivity contribution < 1.29 is 22.7 Å². The Morgan fingerprint density at radius 2 is 2.20 bits per heavy atom. The quantitative estimate of drug-likeness (QED) is 0.903. The molecule has 0 amide bonds. The lowest BCUT2D eigenvalue weighted by Crippen LogP contribution is -2.32. The number of hydrogen-bond acceptors (Lipinski definition) is 4. The first kappa shape index (κ1) is 14.9. The van der Waals surface area contributed by atoms with E-state index in [4.69, 9.17) is 5.11 Å². The van der Waals surface area contributed by atoms with Crippen LogP contribution in [0.15, 0.2) is 18.2 Å². The van der Waals surface area contributed by atoms with Crippen LogP contribution in [-0.2, 0) is 16.4 Å². The summed E-state index contributed by atoms with van der Waals surface area (Å²) < 4.78 is 36.4. The minimum atomic E-state index is -2.95. The maximum Gasteiger partial charge on any atom is 0.338 e. The van der Waals surface area contributed by atoms with E-state index in [0.29, 0.717) is 18.5 Å². The number of carbonyl (C=O) groups is 1. The Labute approximate surface area is 116 Å². The summed E-state index contributed by atoms with van der Waals surface area (Å²) in [4.78, 5) is 12.6. The van der Waals surface area contributed by atoms with Crippen LogP contribution in [0.3, 0.4) is 0 Å². The molecule has 1 unspecified atom stereocenters. The van der Waals surface area contributed by atoms with Gasteiger partial charge in [-0.15, -0.1) is 0 Å². The average molecular weight is 301 g/mol. The Morgan fingerprint density at radius 1 is 1.50 bits per heavy atom. The van der Waals surface area contributed by atoms with Crippen molar-refractivity contribution in [2.45, 2.75) is 19.0 Å². The van der Waals surface area contributed by atoms with Crippen LogP contribution in [0.4, 0.5) is 4.39 Å². The molecule has 110 valence electrons. The topological polar surface area (TPSA) is 74.7 Å². The fraction of sp³-hybridized carbons (Fsp3) is 0.462. The Bertz CT molecular complexity index is 629. The van der Waals surface area contributed by atoms with E-state index >= 15 is 0 Å². The normalized spacial score (nSPS) is 21.2. The third-order valence-electron chi connectivity index (χ3n) is 3.53. The van der Waals surface area contributed by atoms with Crippen LogP contribution in [0, 0.1) is 5.82 Å². The smallest absolute Gasteiger partial charge is 0.338 e. The first-order valence-electron chi connectivity index (χ1n) is 6.21. The fourth-order valence-electron chi connectivity index (χ4n) is 2.37. The number of aromatic carboxylic acids is 1. The minimum absolute atomic E-state index is 0.0674. The van der Waals surface area contributed by atoms with Crippen molar-refractivity contribution in [2.75, 3.05) is 18.6 Å². The Kier molecular flexibility index (Phi) is 4.10. The summed E-state index contributed by atoms with van der Waals surface area (Å²) in [5.74, 6) is -1.76. The van der Waals surface area contributed by atoms with Crippen LogP contribution in [-0.4, -0.2) is 49.0 Å². The average Bonchev–Trinajstić information content (AvgIpc) is 2.69. The van der Waals surface area contributed by atoms with Crippen LogP contribution in [0.2, 0.25) is 0 Å². The number of hydrogen-bond donors (Lipinski definition) is 1. The Balaban J connectivity index is 2.07. The van der Waals surface area contributed by atoms with Gasteiger partial charge in [-0.05, 0) is 31.2 Å². The first-order valence-corrected chi connectivity index (χ1v) is 8.03. The Morgan fingerprint density at radius 3 is 2.70 bits per heavy atom. The molecule has 0 saturated carbocycles. The van der Waals surface area contributed by atoms with Gasteiger partial charge in [0, 0.05) is 12.6 Å². The number of nitrogens with zero attached hydrogens (tertiary/aromatic N) is 1. The number of carboxylic acid groups (broad SMARTS) is 1. The van der Waals surface area contributed by atoms with Gasteiger partial charge in [0.15, 0.2) is 9.84 Å². The van der Waals surface area contributed by atoms with Crippen molar-refractivity contribution in [3.8, 4) is 0 Å². The molecule has 0 aromatic heterocycles. The van der Waals surface area contributed by atoms with Gasteiger partial charge in [0.2, 0.25) is 0 Å². The second-order valence-corrected chi connectivity index (χ2v) is 7.32. The molecule has 0 spiro atoms. The third-order valence-corrected chi connectivity index (χ3v) is 5.28. The van der Waals surface area contributed by atoms with E-state index in [1.807, 2.05) is 4.90 Å². The van der Waals surface area contributed by atoms with Gasteiger partial charge in [0.05, 0.1) is 17.1 Å². The zero-order valence-electron chi connectivity index (χ0n) is 11.0. The van der Waals surface area contributed by atoms with Crippen molar-refractivity contribution in [2.24, 2.45) is 0 Å². The van der Waals surface area contributed by atoms with Gasteiger partial charge in [0.25, 0.3) is 0 Å². The minimum Gasteiger partial charge on any atom is -0.478 e. The molecule has 2 rings (SSSR count). The van der Waals surface area contributed by atoms with Crippen LogP contribution < -0.4 is 0 Å². The standard InChI is InChI=1S/C13H16FNO4S/c1-15(10-4-5-20(18,19)8-10)7-9-2-3-11(13(16)17)12(14)6-9/h2-3,6,10H,4-5,7-8H2,1H3,(H,16,17). The summed E-state index contributed by atoms with van der Waals surface area (Å²) in [7, 11) is -1.17. The maximum absolute atomic E-state index is 13.6. The van der Waals surface area contributed by atoms with Crippen molar-refractivity contribution in [1.29, 1.82) is 0 Å². The summed E-state index contributed by atoms with van der Waals surface area (Å²) in [5, 5.41) is 8.75. The second-order valence-electron chi connectivity index (χ2n) is 5.09. The summed E-state index contributed by atoms with van der Waals surface area (Å²) in [5.41, 5.74) is 0.263. The molecule has 1 atom stereocenters. The third kappa shape index (κ3) is 3.34. The molecule has 1 aromatic carbocycles. The summed E-state index contributed by atoms with van der Waals surface area (Å²) in [6.07, 6.45) is 0.578. The molecular formula is C13H16FNO4S.